The summed E-state index contributed by atoms with van der Waals surface area (Å²) in [5, 5.41) is 15.1. The molecule has 0 saturated heterocycles. The van der Waals surface area contributed by atoms with Crippen LogP contribution in [0.2, 0.25) is 0 Å². The van der Waals surface area contributed by atoms with E-state index in [1.54, 1.807) is 16.9 Å². The number of aromatic nitrogens is 3. The molecule has 1 amide bonds. The maximum atomic E-state index is 12.3. The molecule has 0 aliphatic heterocycles. The molecule has 2 N–H and O–H groups in total. The van der Waals surface area contributed by atoms with E-state index in [-0.39, 0.29) is 11.0 Å². The number of thiocarbonyl (C=S) groups is 1. The molecule has 3 aromatic carbocycles. The van der Waals surface area contributed by atoms with Gasteiger partial charge in [0.2, 0.25) is 0 Å². The summed E-state index contributed by atoms with van der Waals surface area (Å²) in [6, 6.07) is 21.3. The van der Waals surface area contributed by atoms with Crippen molar-refractivity contribution in [3.05, 3.63) is 83.4 Å². The highest BCUT2D eigenvalue weighted by Gasteiger charge is 2.10. The van der Waals surface area contributed by atoms with Crippen LogP contribution in [0.1, 0.15) is 41.3 Å². The molecule has 0 fully saturated rings. The molecular weight excluding hydrogens is 418 g/mol. The number of carbonyl (C=O) groups is 1. The van der Waals surface area contributed by atoms with E-state index in [2.05, 4.69) is 39.9 Å². The minimum atomic E-state index is -0.253. The quantitative estimate of drug-likeness (QED) is 0.401. The minimum Gasteiger partial charge on any atom is -0.332 e. The molecule has 1 aromatic heterocycles. The Balaban J connectivity index is 1.44. The lowest BCUT2D eigenvalue weighted by molar-refractivity contribution is 0.0977. The Morgan fingerprint density at radius 3 is 2.41 bits per heavy atom. The molecule has 162 valence electrons. The number of benzene rings is 3. The van der Waals surface area contributed by atoms with Gasteiger partial charge in [-0.2, -0.15) is 4.80 Å². The van der Waals surface area contributed by atoms with E-state index in [0.717, 1.165) is 34.4 Å². The van der Waals surface area contributed by atoms with Gasteiger partial charge >= 0.3 is 0 Å². The standard InChI is InChI=1S/C25H25N5OS/c1-3-4-5-18-8-13-21(14-9-18)30-28-22-15-12-20(16-23(22)29-30)26-25(32)27-24(31)19-10-6-17(2)7-11-19/h6-16H,3-5H2,1-2H3,(H2,26,27,31,32). The Morgan fingerprint density at radius 1 is 0.969 bits per heavy atom. The number of hydrogen-bond donors (Lipinski definition) is 2. The van der Waals surface area contributed by atoms with Gasteiger partial charge in [-0.15, -0.1) is 10.2 Å². The van der Waals surface area contributed by atoms with Gasteiger partial charge in [0.25, 0.3) is 5.91 Å². The van der Waals surface area contributed by atoms with Crippen LogP contribution in [0.25, 0.3) is 16.7 Å². The van der Waals surface area contributed by atoms with Crippen molar-refractivity contribution in [2.45, 2.75) is 33.1 Å². The fourth-order valence-electron chi connectivity index (χ4n) is 3.33. The maximum absolute atomic E-state index is 12.3. The molecular formula is C25H25N5OS. The fourth-order valence-corrected chi connectivity index (χ4v) is 3.54. The average Bonchev–Trinajstić information content (AvgIpc) is 3.21. The van der Waals surface area contributed by atoms with E-state index in [9.17, 15) is 4.79 Å². The maximum Gasteiger partial charge on any atom is 0.257 e. The number of anilines is 1. The first-order valence-corrected chi connectivity index (χ1v) is 11.1. The van der Waals surface area contributed by atoms with Crippen LogP contribution in [0.5, 0.6) is 0 Å². The van der Waals surface area contributed by atoms with Gasteiger partial charge in [0.1, 0.15) is 11.0 Å². The predicted molar refractivity (Wildman–Crippen MR) is 132 cm³/mol. The molecule has 32 heavy (non-hydrogen) atoms. The van der Waals surface area contributed by atoms with Crippen molar-refractivity contribution in [1.82, 2.24) is 20.3 Å². The number of carbonyl (C=O) groups excluding carboxylic acids is 1. The van der Waals surface area contributed by atoms with Crippen LogP contribution < -0.4 is 10.6 Å². The second-order valence-corrected chi connectivity index (χ2v) is 8.15. The molecule has 6 nitrogen and oxygen atoms in total. The van der Waals surface area contributed by atoms with Gasteiger partial charge in [0.15, 0.2) is 5.11 Å². The molecule has 0 atom stereocenters. The van der Waals surface area contributed by atoms with Crippen LogP contribution in [0, 0.1) is 6.92 Å². The zero-order valence-electron chi connectivity index (χ0n) is 18.1. The zero-order chi connectivity index (χ0) is 22.5. The second kappa shape index (κ2) is 9.70. The van der Waals surface area contributed by atoms with Gasteiger partial charge in [-0.25, -0.2) is 0 Å². The third kappa shape index (κ3) is 5.18. The molecule has 0 saturated carbocycles. The second-order valence-electron chi connectivity index (χ2n) is 7.74. The summed E-state index contributed by atoms with van der Waals surface area (Å²) in [6.45, 7) is 4.17. The Kier molecular flexibility index (Phi) is 6.56. The molecule has 0 bridgehead atoms. The monoisotopic (exact) mass is 443 g/mol. The molecule has 0 unspecified atom stereocenters. The average molecular weight is 444 g/mol. The van der Waals surface area contributed by atoms with Crippen molar-refractivity contribution < 1.29 is 4.79 Å². The lowest BCUT2D eigenvalue weighted by Gasteiger charge is -2.09. The van der Waals surface area contributed by atoms with E-state index >= 15 is 0 Å². The number of nitrogens with one attached hydrogen (secondary N) is 2. The number of aryl methyl sites for hydroxylation is 2. The molecule has 4 aromatic rings. The Bertz CT molecular complexity index is 1250. The SMILES string of the molecule is CCCCc1ccc(-n2nc3ccc(NC(=S)NC(=O)c4ccc(C)cc4)cc3n2)cc1. The van der Waals surface area contributed by atoms with Crippen LogP contribution in [0.3, 0.4) is 0 Å². The summed E-state index contributed by atoms with van der Waals surface area (Å²) in [7, 11) is 0. The summed E-state index contributed by atoms with van der Waals surface area (Å²) >= 11 is 5.30. The molecule has 0 aliphatic carbocycles. The Morgan fingerprint density at radius 2 is 1.69 bits per heavy atom. The first-order valence-electron chi connectivity index (χ1n) is 10.7. The number of hydrogen-bond acceptors (Lipinski definition) is 4. The molecule has 1 heterocycles. The van der Waals surface area contributed by atoms with Crippen LogP contribution in [0.4, 0.5) is 5.69 Å². The molecule has 4 rings (SSSR count). The number of rotatable bonds is 6. The summed E-state index contributed by atoms with van der Waals surface area (Å²) in [6.07, 6.45) is 3.45. The molecule has 0 radical (unpaired) electrons. The highest BCUT2D eigenvalue weighted by molar-refractivity contribution is 7.80. The lowest BCUT2D eigenvalue weighted by atomic mass is 10.1. The minimum absolute atomic E-state index is 0.227. The third-order valence-electron chi connectivity index (χ3n) is 5.17. The first-order chi connectivity index (χ1) is 15.5. The smallest absolute Gasteiger partial charge is 0.257 e. The highest BCUT2D eigenvalue weighted by atomic mass is 32.1. The van der Waals surface area contributed by atoms with Crippen molar-refractivity contribution in [2.24, 2.45) is 0 Å². The van der Waals surface area contributed by atoms with Crippen molar-refractivity contribution in [3.63, 3.8) is 0 Å². The Hall–Kier alpha value is -3.58. The summed E-state index contributed by atoms with van der Waals surface area (Å²) < 4.78 is 0. The van der Waals surface area contributed by atoms with Crippen LogP contribution in [-0.2, 0) is 6.42 Å². The van der Waals surface area contributed by atoms with Gasteiger partial charge in [-0.05, 0) is 80.0 Å². The lowest BCUT2D eigenvalue weighted by Crippen LogP contribution is -2.34. The van der Waals surface area contributed by atoms with Crippen LogP contribution in [-0.4, -0.2) is 26.0 Å². The van der Waals surface area contributed by atoms with Crippen molar-refractivity contribution >= 4 is 40.0 Å². The van der Waals surface area contributed by atoms with Gasteiger partial charge in [-0.1, -0.05) is 43.2 Å². The van der Waals surface area contributed by atoms with E-state index in [0.29, 0.717) is 5.56 Å². The van der Waals surface area contributed by atoms with Gasteiger partial charge in [0, 0.05) is 11.3 Å². The topological polar surface area (TPSA) is 71.8 Å². The van der Waals surface area contributed by atoms with Gasteiger partial charge in [0.05, 0.1) is 5.69 Å². The summed E-state index contributed by atoms with van der Waals surface area (Å²) in [5.74, 6) is -0.253. The largest absolute Gasteiger partial charge is 0.332 e. The van der Waals surface area contributed by atoms with E-state index in [4.69, 9.17) is 12.2 Å². The van der Waals surface area contributed by atoms with Gasteiger partial charge in [-0.3, -0.25) is 10.1 Å². The zero-order valence-corrected chi connectivity index (χ0v) is 18.9. The summed E-state index contributed by atoms with van der Waals surface area (Å²) in [5.41, 5.74) is 6.12. The van der Waals surface area contributed by atoms with E-state index in [1.165, 1.54) is 18.4 Å². The fraction of sp³-hybridized carbons (Fsp3) is 0.200. The number of nitrogens with zero attached hydrogens (tertiary/aromatic N) is 3. The highest BCUT2D eigenvalue weighted by Crippen LogP contribution is 2.18. The van der Waals surface area contributed by atoms with Crippen molar-refractivity contribution in [1.29, 1.82) is 0 Å². The number of fused-ring (bicyclic) bond motifs is 1. The number of amides is 1. The van der Waals surface area contributed by atoms with Crippen LogP contribution >= 0.6 is 12.2 Å². The van der Waals surface area contributed by atoms with Crippen molar-refractivity contribution in [3.8, 4) is 5.69 Å². The van der Waals surface area contributed by atoms with E-state index in [1.807, 2.05) is 49.4 Å². The van der Waals surface area contributed by atoms with Gasteiger partial charge < -0.3 is 5.32 Å². The Labute approximate surface area is 192 Å². The molecule has 0 aliphatic rings. The number of unbranched alkanes of at least 4 members (excludes halogenated alkanes) is 1. The molecule has 7 heteroatoms. The summed E-state index contributed by atoms with van der Waals surface area (Å²) in [4.78, 5) is 14.0. The van der Waals surface area contributed by atoms with Crippen molar-refractivity contribution in [2.75, 3.05) is 5.32 Å². The van der Waals surface area contributed by atoms with Crippen LogP contribution in [0.15, 0.2) is 66.7 Å². The third-order valence-corrected chi connectivity index (χ3v) is 5.37. The first kappa shape index (κ1) is 21.6. The normalized spacial score (nSPS) is 10.8. The molecule has 0 spiro atoms. The van der Waals surface area contributed by atoms with E-state index < -0.39 is 0 Å². The predicted octanol–water partition coefficient (Wildman–Crippen LogP) is 5.20.